The zero-order valence-electron chi connectivity index (χ0n) is 17.9. The average Bonchev–Trinajstić information content (AvgIpc) is 3.60. The van der Waals surface area contributed by atoms with Crippen molar-refractivity contribution in [3.8, 4) is 10.7 Å². The Labute approximate surface area is 194 Å². The number of fused-ring (bicyclic) bond motifs is 1. The molecule has 2 aliphatic heterocycles. The Balaban J connectivity index is 1.14. The van der Waals surface area contributed by atoms with Crippen LogP contribution in [-0.2, 0) is 9.59 Å². The van der Waals surface area contributed by atoms with E-state index in [1.54, 1.807) is 16.1 Å². The Morgan fingerprint density at radius 2 is 1.76 bits per heavy atom. The van der Waals surface area contributed by atoms with Gasteiger partial charge in [-0.1, -0.05) is 36.4 Å². The van der Waals surface area contributed by atoms with Gasteiger partial charge in [-0.3, -0.25) is 14.5 Å². The van der Waals surface area contributed by atoms with Crippen LogP contribution in [-0.4, -0.2) is 56.1 Å². The van der Waals surface area contributed by atoms with Crippen LogP contribution >= 0.6 is 11.3 Å². The van der Waals surface area contributed by atoms with Crippen LogP contribution in [0.15, 0.2) is 60.0 Å². The first-order valence-electron chi connectivity index (χ1n) is 11.1. The molecule has 33 heavy (non-hydrogen) atoms. The summed E-state index contributed by atoms with van der Waals surface area (Å²) in [7, 11) is 0. The number of amides is 2. The SMILES string of the molecule is O=C1CC(N2CCC(n3nnc(-c4cccs4)n3)CC2)C(=O)N1c1ccc2ccccc2c1. The van der Waals surface area contributed by atoms with Crippen molar-refractivity contribution in [1.29, 1.82) is 0 Å². The average molecular weight is 459 g/mol. The zero-order chi connectivity index (χ0) is 22.4. The van der Waals surface area contributed by atoms with Gasteiger partial charge in [0.2, 0.25) is 11.7 Å². The normalized spacial score (nSPS) is 20.2. The molecule has 0 radical (unpaired) electrons. The number of tetrazole rings is 1. The molecule has 0 saturated carbocycles. The van der Waals surface area contributed by atoms with E-state index in [1.165, 1.54) is 4.90 Å². The predicted octanol–water partition coefficient (Wildman–Crippen LogP) is 3.52. The number of thiophene rings is 1. The fourth-order valence-electron chi connectivity index (χ4n) is 4.80. The fraction of sp³-hybridized carbons (Fsp3) is 0.292. The van der Waals surface area contributed by atoms with E-state index in [0.29, 0.717) is 11.5 Å². The maximum Gasteiger partial charge on any atom is 0.251 e. The van der Waals surface area contributed by atoms with E-state index in [2.05, 4.69) is 20.3 Å². The quantitative estimate of drug-likeness (QED) is 0.435. The largest absolute Gasteiger partial charge is 0.291 e. The second-order valence-electron chi connectivity index (χ2n) is 8.50. The maximum atomic E-state index is 13.3. The van der Waals surface area contributed by atoms with Crippen molar-refractivity contribution in [2.45, 2.75) is 31.3 Å². The summed E-state index contributed by atoms with van der Waals surface area (Å²) in [6.45, 7) is 1.44. The molecule has 4 aromatic rings. The summed E-state index contributed by atoms with van der Waals surface area (Å²) in [6.07, 6.45) is 1.85. The highest BCUT2D eigenvalue weighted by molar-refractivity contribution is 7.13. The number of rotatable bonds is 4. The molecule has 166 valence electrons. The summed E-state index contributed by atoms with van der Waals surface area (Å²) in [6, 6.07) is 17.4. The lowest BCUT2D eigenvalue weighted by molar-refractivity contribution is -0.123. The molecule has 9 heteroatoms. The van der Waals surface area contributed by atoms with Crippen molar-refractivity contribution >= 4 is 39.6 Å². The molecule has 0 N–H and O–H groups in total. The molecule has 2 saturated heterocycles. The third-order valence-electron chi connectivity index (χ3n) is 6.55. The minimum atomic E-state index is -0.407. The smallest absolute Gasteiger partial charge is 0.251 e. The van der Waals surface area contributed by atoms with Crippen molar-refractivity contribution in [2.24, 2.45) is 0 Å². The van der Waals surface area contributed by atoms with Gasteiger partial charge in [-0.2, -0.15) is 4.80 Å². The van der Waals surface area contributed by atoms with E-state index in [4.69, 9.17) is 0 Å². The van der Waals surface area contributed by atoms with Crippen LogP contribution in [0.25, 0.3) is 21.5 Å². The van der Waals surface area contributed by atoms with Gasteiger partial charge in [0, 0.05) is 13.1 Å². The Morgan fingerprint density at radius 1 is 0.939 bits per heavy atom. The molecule has 8 nitrogen and oxygen atoms in total. The molecule has 1 unspecified atom stereocenters. The van der Waals surface area contributed by atoms with E-state index >= 15 is 0 Å². The predicted molar refractivity (Wildman–Crippen MR) is 126 cm³/mol. The molecule has 0 bridgehead atoms. The second-order valence-corrected chi connectivity index (χ2v) is 9.44. The molecule has 2 amide bonds. The molecule has 2 aromatic carbocycles. The summed E-state index contributed by atoms with van der Waals surface area (Å²) in [5, 5.41) is 17.1. The lowest BCUT2D eigenvalue weighted by Crippen LogP contribution is -2.46. The molecule has 6 rings (SSSR count). The minimum absolute atomic E-state index is 0.132. The van der Waals surface area contributed by atoms with Gasteiger partial charge in [-0.05, 0) is 52.4 Å². The number of benzene rings is 2. The number of carbonyl (C=O) groups excluding carboxylic acids is 2. The van der Waals surface area contributed by atoms with E-state index in [0.717, 1.165) is 41.6 Å². The summed E-state index contributed by atoms with van der Waals surface area (Å²) in [5.74, 6) is 0.378. The molecular weight excluding hydrogens is 436 g/mol. The Morgan fingerprint density at radius 3 is 2.55 bits per heavy atom. The van der Waals surface area contributed by atoms with Gasteiger partial charge < -0.3 is 0 Å². The van der Waals surface area contributed by atoms with Crippen LogP contribution < -0.4 is 4.90 Å². The molecule has 2 aliphatic rings. The third kappa shape index (κ3) is 3.63. The van der Waals surface area contributed by atoms with Gasteiger partial charge >= 0.3 is 0 Å². The van der Waals surface area contributed by atoms with Gasteiger partial charge in [-0.25, -0.2) is 4.90 Å². The summed E-state index contributed by atoms with van der Waals surface area (Å²) in [5.41, 5.74) is 0.647. The van der Waals surface area contributed by atoms with Crippen molar-refractivity contribution in [1.82, 2.24) is 25.1 Å². The van der Waals surface area contributed by atoms with Crippen molar-refractivity contribution in [2.75, 3.05) is 18.0 Å². The molecule has 0 spiro atoms. The number of aromatic nitrogens is 4. The van der Waals surface area contributed by atoms with Gasteiger partial charge in [0.25, 0.3) is 5.91 Å². The van der Waals surface area contributed by atoms with Gasteiger partial charge in [0.1, 0.15) is 0 Å². The van der Waals surface area contributed by atoms with Gasteiger partial charge in [0.15, 0.2) is 0 Å². The molecule has 2 aromatic heterocycles. The highest BCUT2D eigenvalue weighted by atomic mass is 32.1. The van der Waals surface area contributed by atoms with Crippen molar-refractivity contribution in [3.05, 3.63) is 60.0 Å². The van der Waals surface area contributed by atoms with Gasteiger partial charge in [0.05, 0.1) is 29.1 Å². The van der Waals surface area contributed by atoms with Crippen LogP contribution in [0, 0.1) is 0 Å². The van der Waals surface area contributed by atoms with Crippen LogP contribution in [0.4, 0.5) is 5.69 Å². The molecular formula is C24H22N6O2S. The highest BCUT2D eigenvalue weighted by Crippen LogP contribution is 2.31. The summed E-state index contributed by atoms with van der Waals surface area (Å²) in [4.78, 5) is 32.3. The highest BCUT2D eigenvalue weighted by Gasteiger charge is 2.43. The van der Waals surface area contributed by atoms with E-state index in [9.17, 15) is 9.59 Å². The lowest BCUT2D eigenvalue weighted by atomic mass is 10.0. The van der Waals surface area contributed by atoms with Crippen LogP contribution in [0.1, 0.15) is 25.3 Å². The van der Waals surface area contributed by atoms with Crippen LogP contribution in [0.3, 0.4) is 0 Å². The van der Waals surface area contributed by atoms with E-state index in [1.807, 2.05) is 60.0 Å². The lowest BCUT2D eigenvalue weighted by Gasteiger charge is -2.34. The number of anilines is 1. The minimum Gasteiger partial charge on any atom is -0.291 e. The van der Waals surface area contributed by atoms with Crippen molar-refractivity contribution in [3.63, 3.8) is 0 Å². The Kier molecular flexibility index (Phi) is 5.00. The number of imide groups is 1. The van der Waals surface area contributed by atoms with Crippen molar-refractivity contribution < 1.29 is 9.59 Å². The Bertz CT molecular complexity index is 1330. The third-order valence-corrected chi connectivity index (χ3v) is 7.42. The molecule has 2 fully saturated rings. The maximum absolute atomic E-state index is 13.3. The van der Waals surface area contributed by atoms with Gasteiger partial charge in [-0.15, -0.1) is 21.5 Å². The molecule has 1 atom stereocenters. The summed E-state index contributed by atoms with van der Waals surface area (Å²) < 4.78 is 0. The first-order chi connectivity index (χ1) is 16.2. The topological polar surface area (TPSA) is 84.2 Å². The van der Waals surface area contributed by atoms with E-state index < -0.39 is 6.04 Å². The first-order valence-corrected chi connectivity index (χ1v) is 12.0. The molecule has 0 aliphatic carbocycles. The second kappa shape index (κ2) is 8.17. The number of likely N-dealkylation sites (tertiary alicyclic amines) is 1. The first kappa shape index (κ1) is 20.2. The molecule has 4 heterocycles. The number of nitrogens with zero attached hydrogens (tertiary/aromatic N) is 6. The van der Waals surface area contributed by atoms with Crippen LogP contribution in [0.2, 0.25) is 0 Å². The van der Waals surface area contributed by atoms with Crippen LogP contribution in [0.5, 0.6) is 0 Å². The zero-order valence-corrected chi connectivity index (χ0v) is 18.7. The monoisotopic (exact) mass is 458 g/mol. The number of hydrogen-bond acceptors (Lipinski definition) is 7. The van der Waals surface area contributed by atoms with E-state index in [-0.39, 0.29) is 24.3 Å². The summed E-state index contributed by atoms with van der Waals surface area (Å²) >= 11 is 1.59. The number of piperidine rings is 1. The Hall–Kier alpha value is -3.43. The number of carbonyl (C=O) groups is 2. The standard InChI is InChI=1S/C24H22N6O2S/c31-22-15-20(24(32)29(22)19-8-7-16-4-1-2-5-17(16)14-19)28-11-9-18(10-12-28)30-26-23(25-27-30)21-6-3-13-33-21/h1-8,13-14,18,20H,9-12,15H2. The number of hydrogen-bond donors (Lipinski definition) is 0. The fourth-order valence-corrected chi connectivity index (χ4v) is 5.45.